The van der Waals surface area contributed by atoms with Gasteiger partial charge in [-0.15, -0.1) is 0 Å². The van der Waals surface area contributed by atoms with Crippen molar-refractivity contribution in [2.75, 3.05) is 6.61 Å². The van der Waals surface area contributed by atoms with Gasteiger partial charge in [0.25, 0.3) is 0 Å². The Morgan fingerprint density at radius 1 is 0.879 bits per heavy atom. The first-order chi connectivity index (χ1) is 16.1. The molecule has 6 rings (SSSR count). The molecule has 1 aliphatic rings. The number of aryl methyl sites for hydroxylation is 2. The molecule has 4 heteroatoms. The summed E-state index contributed by atoms with van der Waals surface area (Å²) in [5.74, 6) is -0.282. The SMILES string of the molecule is Cc1ccc2c(oc3c(-c4ccc(C5CCCO5)cc4)c(F)ccc32)c1-c1cccc[n+]1C. The maximum atomic E-state index is 15.2. The van der Waals surface area contributed by atoms with Crippen LogP contribution in [0.5, 0.6) is 0 Å². The lowest BCUT2D eigenvalue weighted by molar-refractivity contribution is -0.660. The molecular weight excluding hydrogens is 413 g/mol. The molecule has 0 spiro atoms. The zero-order chi connectivity index (χ0) is 22.5. The Hall–Kier alpha value is -3.50. The van der Waals surface area contributed by atoms with E-state index in [9.17, 15) is 0 Å². The Morgan fingerprint density at radius 3 is 2.36 bits per heavy atom. The summed E-state index contributed by atoms with van der Waals surface area (Å²) in [5.41, 5.74) is 7.03. The second kappa shape index (κ2) is 7.82. The molecule has 0 saturated carbocycles. The molecule has 0 radical (unpaired) electrons. The second-order valence-corrected chi connectivity index (χ2v) is 8.86. The minimum Gasteiger partial charge on any atom is -0.454 e. The highest BCUT2D eigenvalue weighted by Gasteiger charge is 2.23. The molecule has 0 amide bonds. The molecule has 1 atom stereocenters. The highest BCUT2D eigenvalue weighted by atomic mass is 19.1. The van der Waals surface area contributed by atoms with Gasteiger partial charge in [0.2, 0.25) is 5.69 Å². The van der Waals surface area contributed by atoms with Crippen LogP contribution in [0.1, 0.15) is 30.1 Å². The number of hydrogen-bond donors (Lipinski definition) is 0. The van der Waals surface area contributed by atoms with Gasteiger partial charge in [-0.25, -0.2) is 8.96 Å². The summed E-state index contributed by atoms with van der Waals surface area (Å²) in [6.45, 7) is 2.89. The van der Waals surface area contributed by atoms with Gasteiger partial charge in [-0.3, -0.25) is 0 Å². The van der Waals surface area contributed by atoms with Gasteiger partial charge in [-0.1, -0.05) is 36.4 Å². The average molecular weight is 439 g/mol. The standard InChI is InChI=1S/C29H25FNO2/c1-18-8-13-21-22-14-15-23(30)27(20-11-9-19(10-12-20)25-7-5-17-32-25)29(22)33-28(21)26(18)24-6-3-4-16-31(24)2/h3-4,6,8-16,25H,5,7,17H2,1-2H3/q+1. The summed E-state index contributed by atoms with van der Waals surface area (Å²) in [6, 6.07) is 21.7. The van der Waals surface area contributed by atoms with Crippen molar-refractivity contribution in [1.82, 2.24) is 0 Å². The quantitative estimate of drug-likeness (QED) is 0.282. The van der Waals surface area contributed by atoms with Crippen molar-refractivity contribution in [2.24, 2.45) is 7.05 Å². The minimum atomic E-state index is -0.282. The first kappa shape index (κ1) is 20.1. The third-order valence-electron chi connectivity index (χ3n) is 6.78. The van der Waals surface area contributed by atoms with E-state index in [0.717, 1.165) is 63.8 Å². The molecule has 1 fully saturated rings. The number of nitrogens with zero attached hydrogens (tertiary/aromatic N) is 1. The largest absolute Gasteiger partial charge is 0.454 e. The number of fused-ring (bicyclic) bond motifs is 3. The number of aromatic nitrogens is 1. The number of pyridine rings is 1. The molecule has 1 saturated heterocycles. The summed E-state index contributed by atoms with van der Waals surface area (Å²) >= 11 is 0. The minimum absolute atomic E-state index is 0.142. The first-order valence-corrected chi connectivity index (χ1v) is 11.4. The second-order valence-electron chi connectivity index (χ2n) is 8.86. The van der Waals surface area contributed by atoms with Crippen LogP contribution in [0.25, 0.3) is 44.3 Å². The Balaban J connectivity index is 1.57. The van der Waals surface area contributed by atoms with Crippen molar-refractivity contribution in [2.45, 2.75) is 25.9 Å². The molecule has 2 aromatic heterocycles. The zero-order valence-electron chi connectivity index (χ0n) is 18.8. The Labute approximate surface area is 192 Å². The molecule has 1 unspecified atom stereocenters. The van der Waals surface area contributed by atoms with Crippen molar-refractivity contribution in [3.63, 3.8) is 0 Å². The number of halogens is 1. The normalized spacial score (nSPS) is 16.2. The lowest BCUT2D eigenvalue weighted by Crippen LogP contribution is -2.30. The van der Waals surface area contributed by atoms with Crippen molar-refractivity contribution in [3.05, 3.63) is 89.9 Å². The molecule has 0 N–H and O–H groups in total. The van der Waals surface area contributed by atoms with Gasteiger partial charge in [-0.05, 0) is 54.7 Å². The average Bonchev–Trinajstić information content (AvgIpc) is 3.48. The van der Waals surface area contributed by atoms with Crippen LogP contribution in [0.4, 0.5) is 4.39 Å². The topological polar surface area (TPSA) is 26.2 Å². The molecule has 3 nitrogen and oxygen atoms in total. The fourth-order valence-electron chi connectivity index (χ4n) is 5.05. The summed E-state index contributed by atoms with van der Waals surface area (Å²) in [4.78, 5) is 0. The molecule has 3 heterocycles. The number of hydrogen-bond acceptors (Lipinski definition) is 2. The summed E-state index contributed by atoms with van der Waals surface area (Å²) < 4.78 is 29.6. The third kappa shape index (κ3) is 3.25. The van der Waals surface area contributed by atoms with Crippen LogP contribution in [0.3, 0.4) is 0 Å². The lowest BCUT2D eigenvalue weighted by Gasteiger charge is -2.11. The van der Waals surface area contributed by atoms with E-state index in [1.54, 1.807) is 6.07 Å². The Kier molecular flexibility index (Phi) is 4.77. The van der Waals surface area contributed by atoms with E-state index in [2.05, 4.69) is 29.7 Å². The zero-order valence-corrected chi connectivity index (χ0v) is 18.8. The van der Waals surface area contributed by atoms with Crippen molar-refractivity contribution in [1.29, 1.82) is 0 Å². The maximum absolute atomic E-state index is 15.2. The van der Waals surface area contributed by atoms with E-state index >= 15 is 4.39 Å². The molecule has 164 valence electrons. The molecule has 33 heavy (non-hydrogen) atoms. The van der Waals surface area contributed by atoms with Crippen LogP contribution in [-0.2, 0) is 11.8 Å². The van der Waals surface area contributed by atoms with Gasteiger partial charge in [0.1, 0.15) is 24.0 Å². The molecule has 0 bridgehead atoms. The summed E-state index contributed by atoms with van der Waals surface area (Å²) in [5, 5.41) is 1.91. The van der Waals surface area contributed by atoms with Crippen LogP contribution < -0.4 is 4.57 Å². The predicted molar refractivity (Wildman–Crippen MR) is 128 cm³/mol. The van der Waals surface area contributed by atoms with Crippen molar-refractivity contribution < 1.29 is 18.1 Å². The molecule has 5 aromatic rings. The van der Waals surface area contributed by atoms with E-state index in [4.69, 9.17) is 9.15 Å². The van der Waals surface area contributed by atoms with E-state index in [-0.39, 0.29) is 11.9 Å². The number of ether oxygens (including phenoxy) is 1. The van der Waals surface area contributed by atoms with Crippen molar-refractivity contribution in [3.8, 4) is 22.4 Å². The fourth-order valence-corrected chi connectivity index (χ4v) is 5.05. The van der Waals surface area contributed by atoms with E-state index in [1.165, 1.54) is 0 Å². The maximum Gasteiger partial charge on any atom is 0.216 e. The van der Waals surface area contributed by atoms with Gasteiger partial charge in [-0.2, -0.15) is 0 Å². The summed E-state index contributed by atoms with van der Waals surface area (Å²) in [7, 11) is 2.02. The van der Waals surface area contributed by atoms with E-state index < -0.39 is 0 Å². The first-order valence-electron chi connectivity index (χ1n) is 11.4. The van der Waals surface area contributed by atoms with Gasteiger partial charge in [0.15, 0.2) is 6.20 Å². The Bertz CT molecular complexity index is 1490. The molecule has 3 aromatic carbocycles. The van der Waals surface area contributed by atoms with E-state index in [0.29, 0.717) is 11.1 Å². The fraction of sp³-hybridized carbons (Fsp3) is 0.207. The van der Waals surface area contributed by atoms with Gasteiger partial charge in [0, 0.05) is 29.5 Å². The van der Waals surface area contributed by atoms with E-state index in [1.807, 2.05) is 55.7 Å². The van der Waals surface area contributed by atoms with Gasteiger partial charge in [0.05, 0.1) is 17.2 Å². The Morgan fingerprint density at radius 2 is 1.64 bits per heavy atom. The predicted octanol–water partition coefficient (Wildman–Crippen LogP) is 7.04. The summed E-state index contributed by atoms with van der Waals surface area (Å²) in [6.07, 6.45) is 4.28. The molecule has 0 aliphatic carbocycles. The molecule has 1 aliphatic heterocycles. The monoisotopic (exact) mass is 438 g/mol. The van der Waals surface area contributed by atoms with Crippen molar-refractivity contribution >= 4 is 21.9 Å². The number of benzene rings is 3. The van der Waals surface area contributed by atoms with Crippen LogP contribution in [0.15, 0.2) is 77.3 Å². The molecular formula is C29H25FNO2+. The van der Waals surface area contributed by atoms with Crippen LogP contribution in [0.2, 0.25) is 0 Å². The highest BCUT2D eigenvalue weighted by molar-refractivity contribution is 6.13. The lowest BCUT2D eigenvalue weighted by atomic mass is 9.97. The van der Waals surface area contributed by atoms with Crippen LogP contribution >= 0.6 is 0 Å². The van der Waals surface area contributed by atoms with Gasteiger partial charge < -0.3 is 9.15 Å². The highest BCUT2D eigenvalue weighted by Crippen LogP contribution is 2.42. The van der Waals surface area contributed by atoms with Crippen LogP contribution in [-0.4, -0.2) is 6.61 Å². The van der Waals surface area contributed by atoms with Crippen LogP contribution in [0, 0.1) is 12.7 Å². The van der Waals surface area contributed by atoms with Gasteiger partial charge >= 0.3 is 0 Å². The number of rotatable bonds is 3. The number of furan rings is 1. The smallest absolute Gasteiger partial charge is 0.216 e. The third-order valence-corrected chi connectivity index (χ3v) is 6.78.